The van der Waals surface area contributed by atoms with Crippen LogP contribution in [0, 0.1) is 0 Å². The molecule has 0 unspecified atom stereocenters. The molecule has 0 aliphatic carbocycles. The molecule has 19 heavy (non-hydrogen) atoms. The van der Waals surface area contributed by atoms with E-state index < -0.39 is 5.60 Å². The van der Waals surface area contributed by atoms with Crippen LogP contribution in [0.15, 0.2) is 58.3 Å². The van der Waals surface area contributed by atoms with Gasteiger partial charge in [-0.2, -0.15) is 0 Å². The highest BCUT2D eigenvalue weighted by Gasteiger charge is 2.20. The van der Waals surface area contributed by atoms with Crippen molar-refractivity contribution in [3.05, 3.63) is 59.7 Å². The molecule has 2 rings (SSSR count). The Bertz CT molecular complexity index is 585. The molecule has 2 aromatic rings. The molecule has 0 aliphatic heterocycles. The largest absolute Gasteiger partial charge is 0.386 e. The van der Waals surface area contributed by atoms with E-state index in [1.807, 2.05) is 42.5 Å². The van der Waals surface area contributed by atoms with Crippen LogP contribution >= 0.6 is 11.8 Å². The number of aliphatic hydroxyl groups is 1. The van der Waals surface area contributed by atoms with Gasteiger partial charge in [-0.15, -0.1) is 0 Å². The Morgan fingerprint density at radius 3 is 2.21 bits per heavy atom. The number of rotatable bonds is 4. The SMILES string of the molecule is CC(C)(O)c1ccccc1Sc1ccccc1C=O. The molecule has 0 aliphatic rings. The third-order valence-corrected chi connectivity index (χ3v) is 3.98. The number of hydrogen-bond donors (Lipinski definition) is 1. The molecule has 2 nitrogen and oxygen atoms in total. The van der Waals surface area contributed by atoms with Gasteiger partial charge in [-0.1, -0.05) is 48.2 Å². The normalized spacial score (nSPS) is 11.3. The van der Waals surface area contributed by atoms with Crippen LogP contribution in [0.2, 0.25) is 0 Å². The summed E-state index contributed by atoms with van der Waals surface area (Å²) >= 11 is 1.50. The number of carbonyl (C=O) groups is 1. The van der Waals surface area contributed by atoms with Crippen molar-refractivity contribution in [1.29, 1.82) is 0 Å². The van der Waals surface area contributed by atoms with Gasteiger partial charge in [0, 0.05) is 15.4 Å². The van der Waals surface area contributed by atoms with E-state index in [0.29, 0.717) is 5.56 Å². The Morgan fingerprint density at radius 1 is 1.00 bits per heavy atom. The average molecular weight is 272 g/mol. The van der Waals surface area contributed by atoms with E-state index in [9.17, 15) is 9.90 Å². The Balaban J connectivity index is 2.42. The molecule has 0 heterocycles. The summed E-state index contributed by atoms with van der Waals surface area (Å²) in [7, 11) is 0. The topological polar surface area (TPSA) is 37.3 Å². The monoisotopic (exact) mass is 272 g/mol. The molecule has 3 heteroatoms. The van der Waals surface area contributed by atoms with Crippen molar-refractivity contribution < 1.29 is 9.90 Å². The second-order valence-electron chi connectivity index (χ2n) is 4.81. The molecule has 0 fully saturated rings. The van der Waals surface area contributed by atoms with Gasteiger partial charge in [0.25, 0.3) is 0 Å². The minimum Gasteiger partial charge on any atom is -0.386 e. The molecule has 0 spiro atoms. The van der Waals surface area contributed by atoms with Crippen LogP contribution in [-0.2, 0) is 5.60 Å². The number of aldehydes is 1. The Labute approximate surface area is 117 Å². The summed E-state index contributed by atoms with van der Waals surface area (Å²) in [6.45, 7) is 3.52. The fourth-order valence-electron chi connectivity index (χ4n) is 1.85. The van der Waals surface area contributed by atoms with Crippen molar-refractivity contribution in [2.24, 2.45) is 0 Å². The zero-order valence-corrected chi connectivity index (χ0v) is 11.8. The molecular formula is C16H16O2S. The summed E-state index contributed by atoms with van der Waals surface area (Å²) in [5.41, 5.74) is 0.624. The van der Waals surface area contributed by atoms with Gasteiger partial charge in [-0.05, 0) is 31.5 Å². The number of benzene rings is 2. The van der Waals surface area contributed by atoms with E-state index in [2.05, 4.69) is 0 Å². The van der Waals surface area contributed by atoms with Crippen LogP contribution in [0.4, 0.5) is 0 Å². The molecule has 0 atom stereocenters. The van der Waals surface area contributed by atoms with Gasteiger partial charge in [0.15, 0.2) is 6.29 Å². The van der Waals surface area contributed by atoms with Gasteiger partial charge in [0.1, 0.15) is 0 Å². The maximum Gasteiger partial charge on any atom is 0.151 e. The quantitative estimate of drug-likeness (QED) is 0.858. The summed E-state index contributed by atoms with van der Waals surface area (Å²) in [4.78, 5) is 12.9. The van der Waals surface area contributed by atoms with Gasteiger partial charge < -0.3 is 5.11 Å². The van der Waals surface area contributed by atoms with Crippen LogP contribution in [0.3, 0.4) is 0 Å². The third-order valence-electron chi connectivity index (χ3n) is 2.81. The first-order valence-electron chi connectivity index (χ1n) is 6.06. The minimum atomic E-state index is -0.903. The lowest BCUT2D eigenvalue weighted by Gasteiger charge is -2.21. The summed E-state index contributed by atoms with van der Waals surface area (Å²) in [6, 6.07) is 15.2. The first kappa shape index (κ1) is 13.8. The van der Waals surface area contributed by atoms with Crippen LogP contribution in [0.25, 0.3) is 0 Å². The van der Waals surface area contributed by atoms with Crippen LogP contribution in [0.5, 0.6) is 0 Å². The Hall–Kier alpha value is -1.58. The van der Waals surface area contributed by atoms with Gasteiger partial charge in [0.05, 0.1) is 5.60 Å². The maximum atomic E-state index is 11.0. The molecule has 98 valence electrons. The smallest absolute Gasteiger partial charge is 0.151 e. The highest BCUT2D eigenvalue weighted by Crippen LogP contribution is 2.36. The molecule has 0 aromatic heterocycles. The fourth-order valence-corrected chi connectivity index (χ4v) is 3.04. The number of hydrogen-bond acceptors (Lipinski definition) is 3. The standard InChI is InChI=1S/C16H16O2S/c1-16(2,18)13-8-4-6-10-15(13)19-14-9-5-3-7-12(14)11-17/h3-11,18H,1-2H3. The predicted octanol–water partition coefficient (Wildman–Crippen LogP) is 3.88. The van der Waals surface area contributed by atoms with Gasteiger partial charge >= 0.3 is 0 Å². The van der Waals surface area contributed by atoms with E-state index in [-0.39, 0.29) is 0 Å². The maximum absolute atomic E-state index is 11.0. The van der Waals surface area contributed by atoms with Crippen molar-refractivity contribution in [3.63, 3.8) is 0 Å². The molecular weight excluding hydrogens is 256 g/mol. The second kappa shape index (κ2) is 5.59. The van der Waals surface area contributed by atoms with E-state index in [0.717, 1.165) is 21.6 Å². The molecule has 0 radical (unpaired) electrons. The first-order valence-corrected chi connectivity index (χ1v) is 6.88. The molecule has 0 bridgehead atoms. The molecule has 1 N–H and O–H groups in total. The van der Waals surface area contributed by atoms with Crippen LogP contribution < -0.4 is 0 Å². The predicted molar refractivity (Wildman–Crippen MR) is 77.6 cm³/mol. The van der Waals surface area contributed by atoms with Crippen molar-refractivity contribution in [2.75, 3.05) is 0 Å². The van der Waals surface area contributed by atoms with E-state index in [1.165, 1.54) is 11.8 Å². The lowest BCUT2D eigenvalue weighted by atomic mass is 9.99. The summed E-state index contributed by atoms with van der Waals surface area (Å²) in [5.74, 6) is 0. The van der Waals surface area contributed by atoms with E-state index in [4.69, 9.17) is 0 Å². The van der Waals surface area contributed by atoms with Crippen LogP contribution in [0.1, 0.15) is 29.8 Å². The van der Waals surface area contributed by atoms with E-state index >= 15 is 0 Å². The van der Waals surface area contributed by atoms with E-state index in [1.54, 1.807) is 19.9 Å². The minimum absolute atomic E-state index is 0.665. The Morgan fingerprint density at radius 2 is 1.58 bits per heavy atom. The molecule has 0 amide bonds. The molecule has 0 saturated carbocycles. The fraction of sp³-hybridized carbons (Fsp3) is 0.188. The van der Waals surface area contributed by atoms with Gasteiger partial charge in [-0.25, -0.2) is 0 Å². The zero-order valence-electron chi connectivity index (χ0n) is 11.0. The lowest BCUT2D eigenvalue weighted by molar-refractivity contribution is 0.0758. The third kappa shape index (κ3) is 3.25. The summed E-state index contributed by atoms with van der Waals surface area (Å²) in [5, 5.41) is 10.2. The average Bonchev–Trinajstić information content (AvgIpc) is 2.39. The van der Waals surface area contributed by atoms with Crippen molar-refractivity contribution in [2.45, 2.75) is 29.2 Å². The lowest BCUT2D eigenvalue weighted by Crippen LogP contribution is -2.16. The van der Waals surface area contributed by atoms with Gasteiger partial charge in [-0.3, -0.25) is 4.79 Å². The van der Waals surface area contributed by atoms with Crippen molar-refractivity contribution in [3.8, 4) is 0 Å². The summed E-state index contributed by atoms with van der Waals surface area (Å²) < 4.78 is 0. The first-order chi connectivity index (χ1) is 9.02. The number of carbonyl (C=O) groups excluding carboxylic acids is 1. The van der Waals surface area contributed by atoms with Crippen molar-refractivity contribution in [1.82, 2.24) is 0 Å². The zero-order chi connectivity index (χ0) is 13.9. The molecule has 2 aromatic carbocycles. The molecule has 0 saturated heterocycles. The highest BCUT2D eigenvalue weighted by molar-refractivity contribution is 7.99. The van der Waals surface area contributed by atoms with Crippen molar-refractivity contribution >= 4 is 18.0 Å². The van der Waals surface area contributed by atoms with Crippen LogP contribution in [-0.4, -0.2) is 11.4 Å². The second-order valence-corrected chi connectivity index (χ2v) is 5.90. The highest BCUT2D eigenvalue weighted by atomic mass is 32.2. The van der Waals surface area contributed by atoms with Gasteiger partial charge in [0.2, 0.25) is 0 Å². The summed E-state index contributed by atoms with van der Waals surface area (Å²) in [6.07, 6.45) is 0.856. The Kier molecular flexibility index (Phi) is 4.08.